The number of hydrogen-bond donors (Lipinski definition) is 3. The van der Waals surface area contributed by atoms with Crippen LogP contribution in [0, 0.1) is 0 Å². The first kappa shape index (κ1) is 17.0. The molecule has 25 heavy (non-hydrogen) atoms. The highest BCUT2D eigenvalue weighted by Gasteiger charge is 2.15. The van der Waals surface area contributed by atoms with Gasteiger partial charge >= 0.3 is 0 Å². The van der Waals surface area contributed by atoms with Crippen LogP contribution in [0.4, 0.5) is 5.69 Å². The first-order valence-corrected chi connectivity index (χ1v) is 9.53. The third-order valence-electron chi connectivity index (χ3n) is 3.76. The fourth-order valence-electron chi connectivity index (χ4n) is 2.60. The van der Waals surface area contributed by atoms with Crippen molar-refractivity contribution in [2.75, 3.05) is 11.0 Å². The van der Waals surface area contributed by atoms with Gasteiger partial charge in [0.2, 0.25) is 10.0 Å². The normalized spacial score (nSPS) is 12.7. The van der Waals surface area contributed by atoms with E-state index in [9.17, 15) is 13.2 Å². The molecule has 0 radical (unpaired) electrons. The fourth-order valence-corrected chi connectivity index (χ4v) is 3.16. The van der Waals surface area contributed by atoms with E-state index in [1.165, 1.54) is 0 Å². The van der Waals surface area contributed by atoms with Gasteiger partial charge in [0.15, 0.2) is 0 Å². The predicted octanol–water partition coefficient (Wildman–Crippen LogP) is 2.43. The Morgan fingerprint density at radius 1 is 1.20 bits per heavy atom. The number of carbonyl (C=O) groups excluding carboxylic acids is 1. The number of aromatic nitrogens is 2. The molecule has 130 valence electrons. The Kier molecular flexibility index (Phi) is 4.45. The number of nitrogens with zero attached hydrogens (tertiary/aromatic N) is 1. The maximum Gasteiger partial charge on any atom is 0.253 e. The molecule has 3 rings (SSSR count). The number of sulfonamides is 1. The second-order valence-electron chi connectivity index (χ2n) is 5.83. The van der Waals surface area contributed by atoms with E-state index in [1.54, 1.807) is 36.5 Å². The Morgan fingerprint density at radius 3 is 2.72 bits per heavy atom. The van der Waals surface area contributed by atoms with Crippen LogP contribution in [0.1, 0.15) is 28.9 Å². The molecule has 0 saturated heterocycles. The van der Waals surface area contributed by atoms with Crippen molar-refractivity contribution in [1.82, 2.24) is 15.5 Å². The summed E-state index contributed by atoms with van der Waals surface area (Å²) in [4.78, 5) is 12.6. The lowest BCUT2D eigenvalue weighted by Crippen LogP contribution is -2.27. The molecule has 0 aliphatic heterocycles. The number of nitrogens with one attached hydrogen (secondary N) is 3. The first-order chi connectivity index (χ1) is 11.8. The van der Waals surface area contributed by atoms with Crippen molar-refractivity contribution in [1.29, 1.82) is 0 Å². The third kappa shape index (κ3) is 3.97. The molecule has 0 aliphatic rings. The van der Waals surface area contributed by atoms with Gasteiger partial charge < -0.3 is 5.32 Å². The summed E-state index contributed by atoms with van der Waals surface area (Å²) < 4.78 is 25.1. The number of amides is 1. The summed E-state index contributed by atoms with van der Waals surface area (Å²) in [7, 11) is -3.35. The van der Waals surface area contributed by atoms with Crippen LogP contribution in [0.15, 0.2) is 48.7 Å². The molecule has 0 spiro atoms. The van der Waals surface area contributed by atoms with Crippen LogP contribution in [0.5, 0.6) is 0 Å². The van der Waals surface area contributed by atoms with Gasteiger partial charge in [0.05, 0.1) is 29.6 Å². The SMILES string of the molecule is C[C@H](NC(=O)c1cccc2cn[nH]c12)c1cccc(NS(C)(=O)=O)c1. The molecule has 0 unspecified atom stereocenters. The molecule has 0 fully saturated rings. The zero-order valence-electron chi connectivity index (χ0n) is 13.8. The summed E-state index contributed by atoms with van der Waals surface area (Å²) in [6.45, 7) is 1.84. The summed E-state index contributed by atoms with van der Waals surface area (Å²) in [6.07, 6.45) is 2.76. The minimum absolute atomic E-state index is 0.233. The molecular formula is C17H18N4O3S. The number of aromatic amines is 1. The van der Waals surface area contributed by atoms with Crippen molar-refractivity contribution in [3.05, 3.63) is 59.8 Å². The quantitative estimate of drug-likeness (QED) is 0.651. The molecule has 1 aromatic heterocycles. The fraction of sp³-hybridized carbons (Fsp3) is 0.176. The van der Waals surface area contributed by atoms with Gasteiger partial charge in [-0.3, -0.25) is 14.6 Å². The van der Waals surface area contributed by atoms with Crippen LogP contribution < -0.4 is 10.0 Å². The van der Waals surface area contributed by atoms with Gasteiger partial charge in [0.25, 0.3) is 5.91 Å². The number of hydrogen-bond acceptors (Lipinski definition) is 4. The highest BCUT2D eigenvalue weighted by atomic mass is 32.2. The van der Waals surface area contributed by atoms with Crippen LogP contribution in [0.25, 0.3) is 10.9 Å². The van der Waals surface area contributed by atoms with Gasteiger partial charge in [-0.2, -0.15) is 5.10 Å². The summed E-state index contributed by atoms with van der Waals surface area (Å²) in [5.41, 5.74) is 2.43. The maximum absolute atomic E-state index is 12.6. The molecule has 0 saturated carbocycles. The third-order valence-corrected chi connectivity index (χ3v) is 4.37. The molecule has 3 aromatic rings. The van der Waals surface area contributed by atoms with Crippen LogP contribution in [-0.2, 0) is 10.0 Å². The standard InChI is InChI=1S/C17H18N4O3S/c1-11(12-5-3-7-14(9-12)21-25(2,23)24)19-17(22)15-8-4-6-13-10-18-20-16(13)15/h3-11,21H,1-2H3,(H,18,20)(H,19,22)/t11-/m0/s1. The lowest BCUT2D eigenvalue weighted by molar-refractivity contribution is 0.0941. The van der Waals surface area contributed by atoms with E-state index in [-0.39, 0.29) is 11.9 Å². The molecule has 2 aromatic carbocycles. The molecule has 1 atom stereocenters. The van der Waals surface area contributed by atoms with E-state index < -0.39 is 10.0 Å². The van der Waals surface area contributed by atoms with Crippen LogP contribution >= 0.6 is 0 Å². The van der Waals surface area contributed by atoms with Crippen LogP contribution in [0.3, 0.4) is 0 Å². The smallest absolute Gasteiger partial charge is 0.253 e. The maximum atomic E-state index is 12.6. The van der Waals surface area contributed by atoms with Crippen molar-refractivity contribution < 1.29 is 13.2 Å². The first-order valence-electron chi connectivity index (χ1n) is 7.64. The number of fused-ring (bicyclic) bond motifs is 1. The second-order valence-corrected chi connectivity index (χ2v) is 7.58. The topological polar surface area (TPSA) is 104 Å². The van der Waals surface area contributed by atoms with Crippen molar-refractivity contribution in [2.45, 2.75) is 13.0 Å². The van der Waals surface area contributed by atoms with Crippen molar-refractivity contribution in [3.8, 4) is 0 Å². The van der Waals surface area contributed by atoms with E-state index in [0.717, 1.165) is 17.2 Å². The van der Waals surface area contributed by atoms with Crippen molar-refractivity contribution >= 4 is 32.5 Å². The number of H-pyrrole nitrogens is 1. The molecule has 7 nitrogen and oxygen atoms in total. The summed E-state index contributed by atoms with van der Waals surface area (Å²) in [5, 5.41) is 10.6. The number of benzene rings is 2. The Labute approximate surface area is 145 Å². The molecule has 0 aliphatic carbocycles. The van der Waals surface area contributed by atoms with E-state index >= 15 is 0 Å². The van der Waals surface area contributed by atoms with Gasteiger partial charge in [-0.15, -0.1) is 0 Å². The minimum Gasteiger partial charge on any atom is -0.345 e. The average molecular weight is 358 g/mol. The lowest BCUT2D eigenvalue weighted by atomic mass is 10.1. The molecular weight excluding hydrogens is 340 g/mol. The monoisotopic (exact) mass is 358 g/mol. The van der Waals surface area contributed by atoms with Gasteiger partial charge in [-0.1, -0.05) is 24.3 Å². The van der Waals surface area contributed by atoms with Crippen LogP contribution in [0.2, 0.25) is 0 Å². The Morgan fingerprint density at radius 2 is 1.96 bits per heavy atom. The highest BCUT2D eigenvalue weighted by Crippen LogP contribution is 2.20. The molecule has 1 heterocycles. The van der Waals surface area contributed by atoms with E-state index in [4.69, 9.17) is 0 Å². The van der Waals surface area contributed by atoms with E-state index in [0.29, 0.717) is 16.8 Å². The molecule has 8 heteroatoms. The Bertz CT molecular complexity index is 1030. The molecule has 3 N–H and O–H groups in total. The number of anilines is 1. The van der Waals surface area contributed by atoms with Crippen molar-refractivity contribution in [2.24, 2.45) is 0 Å². The zero-order chi connectivity index (χ0) is 18.0. The van der Waals surface area contributed by atoms with Gasteiger partial charge in [0, 0.05) is 11.1 Å². The summed E-state index contributed by atoms with van der Waals surface area (Å²) in [6, 6.07) is 12.0. The number of rotatable bonds is 5. The number of carbonyl (C=O) groups is 1. The van der Waals surface area contributed by atoms with Crippen LogP contribution in [-0.4, -0.2) is 30.8 Å². The summed E-state index contributed by atoms with van der Waals surface area (Å²) in [5.74, 6) is -0.233. The second kappa shape index (κ2) is 6.56. The van der Waals surface area contributed by atoms with Crippen molar-refractivity contribution in [3.63, 3.8) is 0 Å². The van der Waals surface area contributed by atoms with Gasteiger partial charge in [0.1, 0.15) is 0 Å². The van der Waals surface area contributed by atoms with Gasteiger partial charge in [-0.05, 0) is 30.7 Å². The highest BCUT2D eigenvalue weighted by molar-refractivity contribution is 7.92. The van der Waals surface area contributed by atoms with E-state index in [2.05, 4.69) is 20.2 Å². The molecule has 1 amide bonds. The zero-order valence-corrected chi connectivity index (χ0v) is 14.6. The van der Waals surface area contributed by atoms with Gasteiger partial charge in [-0.25, -0.2) is 8.42 Å². The molecule has 0 bridgehead atoms. The Balaban J connectivity index is 1.80. The Hall–Kier alpha value is -2.87. The largest absolute Gasteiger partial charge is 0.345 e. The lowest BCUT2D eigenvalue weighted by Gasteiger charge is -2.16. The van der Waals surface area contributed by atoms with E-state index in [1.807, 2.05) is 19.1 Å². The number of para-hydroxylation sites is 1. The average Bonchev–Trinajstić information content (AvgIpc) is 3.01. The summed E-state index contributed by atoms with van der Waals surface area (Å²) >= 11 is 0. The predicted molar refractivity (Wildman–Crippen MR) is 96.9 cm³/mol. The minimum atomic E-state index is -3.35.